The Hall–Kier alpha value is -0.00312. The zero-order valence-electron chi connectivity index (χ0n) is 6.84. The topological polar surface area (TPSA) is 52.3 Å². The first-order valence-corrected chi connectivity index (χ1v) is 6.33. The third-order valence-electron chi connectivity index (χ3n) is 1.13. The molecule has 0 fully saturated rings. The summed E-state index contributed by atoms with van der Waals surface area (Å²) in [6.45, 7) is 2.83. The standard InChI is InChI=1S/C6H15NO2SSi/c1-2-9-11-5-3-4-10-6(7)8/h2-5,11H2,1H3,(H2,7,8). The van der Waals surface area contributed by atoms with Crippen molar-refractivity contribution in [1.29, 1.82) is 0 Å². The summed E-state index contributed by atoms with van der Waals surface area (Å²) in [5.41, 5.74) is 4.94. The van der Waals surface area contributed by atoms with E-state index in [-0.39, 0.29) is 15.0 Å². The maximum absolute atomic E-state index is 10.3. The zero-order valence-corrected chi connectivity index (χ0v) is 9.07. The van der Waals surface area contributed by atoms with E-state index in [1.165, 1.54) is 11.8 Å². The van der Waals surface area contributed by atoms with Gasteiger partial charge in [0.15, 0.2) is 9.76 Å². The Bertz CT molecular complexity index is 113. The SMILES string of the molecule is CCO[SiH2]CCCSC(N)=O. The van der Waals surface area contributed by atoms with Crippen LogP contribution in [0.15, 0.2) is 0 Å². The lowest BCUT2D eigenvalue weighted by atomic mass is 10.6. The number of primary amides is 1. The molecule has 0 aromatic heterocycles. The molecule has 2 N–H and O–H groups in total. The van der Waals surface area contributed by atoms with Gasteiger partial charge in [0.2, 0.25) is 0 Å². The van der Waals surface area contributed by atoms with E-state index in [4.69, 9.17) is 10.2 Å². The zero-order chi connectivity index (χ0) is 8.53. The summed E-state index contributed by atoms with van der Waals surface area (Å²) in [6.07, 6.45) is 1.06. The van der Waals surface area contributed by atoms with Gasteiger partial charge in [-0.3, -0.25) is 4.79 Å². The van der Waals surface area contributed by atoms with Crippen molar-refractivity contribution < 1.29 is 9.22 Å². The molecule has 0 radical (unpaired) electrons. The monoisotopic (exact) mass is 193 g/mol. The predicted molar refractivity (Wildman–Crippen MR) is 51.6 cm³/mol. The van der Waals surface area contributed by atoms with Gasteiger partial charge in [-0.15, -0.1) is 0 Å². The fourth-order valence-electron chi connectivity index (χ4n) is 0.623. The first-order chi connectivity index (χ1) is 5.27. The number of rotatable bonds is 6. The van der Waals surface area contributed by atoms with E-state index in [0.717, 1.165) is 24.8 Å². The lowest BCUT2D eigenvalue weighted by molar-refractivity contribution is 0.267. The fraction of sp³-hybridized carbons (Fsp3) is 0.833. The molecular formula is C6H15NO2SSi. The molecule has 0 aromatic rings. The summed E-state index contributed by atoms with van der Waals surface area (Å²) in [4.78, 5) is 10.3. The van der Waals surface area contributed by atoms with Crippen LogP contribution in [0.25, 0.3) is 0 Å². The van der Waals surface area contributed by atoms with Crippen LogP contribution in [0.3, 0.4) is 0 Å². The number of amides is 1. The molecule has 3 nitrogen and oxygen atoms in total. The predicted octanol–water partition coefficient (Wildman–Crippen LogP) is 0.727. The van der Waals surface area contributed by atoms with Gasteiger partial charge in [-0.1, -0.05) is 11.8 Å². The van der Waals surface area contributed by atoms with Crippen molar-refractivity contribution in [1.82, 2.24) is 0 Å². The van der Waals surface area contributed by atoms with Gasteiger partial charge in [-0.25, -0.2) is 0 Å². The second kappa shape index (κ2) is 8.10. The Morgan fingerprint density at radius 2 is 2.45 bits per heavy atom. The first-order valence-electron chi connectivity index (χ1n) is 3.77. The van der Waals surface area contributed by atoms with Gasteiger partial charge in [0.05, 0.1) is 0 Å². The van der Waals surface area contributed by atoms with Crippen LogP contribution in [0.5, 0.6) is 0 Å². The van der Waals surface area contributed by atoms with Crippen LogP contribution in [0.1, 0.15) is 13.3 Å². The van der Waals surface area contributed by atoms with E-state index in [9.17, 15) is 4.79 Å². The molecule has 0 atom stereocenters. The van der Waals surface area contributed by atoms with Gasteiger partial charge in [-0.2, -0.15) is 0 Å². The summed E-state index contributed by atoms with van der Waals surface area (Å²) < 4.78 is 5.25. The molecule has 0 unspecified atom stereocenters. The molecule has 0 aliphatic carbocycles. The van der Waals surface area contributed by atoms with Crippen molar-refractivity contribution in [3.05, 3.63) is 0 Å². The molecule has 11 heavy (non-hydrogen) atoms. The smallest absolute Gasteiger partial charge is 0.276 e. The van der Waals surface area contributed by atoms with E-state index < -0.39 is 0 Å². The highest BCUT2D eigenvalue weighted by atomic mass is 32.2. The minimum atomic E-state index is -0.299. The number of carbonyl (C=O) groups is 1. The summed E-state index contributed by atoms with van der Waals surface area (Å²) in [5, 5.41) is -0.275. The van der Waals surface area contributed by atoms with Crippen LogP contribution in [-0.2, 0) is 4.43 Å². The third-order valence-corrected chi connectivity index (χ3v) is 3.39. The highest BCUT2D eigenvalue weighted by molar-refractivity contribution is 8.13. The molecule has 0 heterocycles. The summed E-state index contributed by atoms with van der Waals surface area (Å²) in [5.74, 6) is 0.843. The molecular weight excluding hydrogens is 178 g/mol. The quantitative estimate of drug-likeness (QED) is 0.500. The Labute approximate surface area is 74.0 Å². The van der Waals surface area contributed by atoms with Gasteiger partial charge in [-0.05, 0) is 19.4 Å². The summed E-state index contributed by atoms with van der Waals surface area (Å²) in [7, 11) is -0.299. The minimum Gasteiger partial charge on any atom is -0.424 e. The second-order valence-electron chi connectivity index (χ2n) is 2.07. The van der Waals surface area contributed by atoms with Crippen LogP contribution in [0, 0.1) is 0 Å². The van der Waals surface area contributed by atoms with Crippen molar-refractivity contribution in [2.24, 2.45) is 5.73 Å². The second-order valence-corrected chi connectivity index (χ2v) is 4.69. The molecule has 0 bridgehead atoms. The lowest BCUT2D eigenvalue weighted by Gasteiger charge is -1.98. The largest absolute Gasteiger partial charge is 0.424 e. The average Bonchev–Trinajstić information content (AvgIpc) is 1.96. The lowest BCUT2D eigenvalue weighted by Crippen LogP contribution is -2.04. The van der Waals surface area contributed by atoms with Crippen molar-refractivity contribution in [3.8, 4) is 0 Å². The molecule has 1 amide bonds. The Kier molecular flexibility index (Phi) is 8.09. The normalized spacial score (nSPS) is 11.0. The van der Waals surface area contributed by atoms with Crippen LogP contribution >= 0.6 is 11.8 Å². The third kappa shape index (κ3) is 10.00. The first kappa shape index (κ1) is 11.0. The molecule has 0 saturated heterocycles. The summed E-state index contributed by atoms with van der Waals surface area (Å²) in [6, 6.07) is 1.15. The number of nitrogens with two attached hydrogens (primary N) is 1. The fourth-order valence-corrected chi connectivity index (χ4v) is 2.48. The number of hydrogen-bond donors (Lipinski definition) is 1. The maximum atomic E-state index is 10.3. The van der Waals surface area contributed by atoms with E-state index in [0.29, 0.717) is 0 Å². The number of thioether (sulfide) groups is 1. The summed E-state index contributed by atoms with van der Waals surface area (Å²) >= 11 is 1.19. The van der Waals surface area contributed by atoms with Gasteiger partial charge in [0.1, 0.15) is 0 Å². The molecule has 0 spiro atoms. The number of carbonyl (C=O) groups excluding carboxylic acids is 1. The Balaban J connectivity index is 2.85. The highest BCUT2D eigenvalue weighted by Gasteiger charge is 1.94. The van der Waals surface area contributed by atoms with Gasteiger partial charge in [0.25, 0.3) is 5.24 Å². The molecule has 0 aromatic carbocycles. The van der Waals surface area contributed by atoms with E-state index in [1.807, 2.05) is 6.92 Å². The minimum absolute atomic E-state index is 0.275. The van der Waals surface area contributed by atoms with Crippen LogP contribution < -0.4 is 5.73 Å². The van der Waals surface area contributed by atoms with Crippen molar-refractivity contribution in [2.75, 3.05) is 12.4 Å². The van der Waals surface area contributed by atoms with E-state index in [2.05, 4.69) is 0 Å². The van der Waals surface area contributed by atoms with Gasteiger partial charge < -0.3 is 10.2 Å². The van der Waals surface area contributed by atoms with Gasteiger partial charge in [0, 0.05) is 12.4 Å². The Morgan fingerprint density at radius 3 is 3.00 bits per heavy atom. The molecule has 0 saturated carbocycles. The number of hydrogen-bond acceptors (Lipinski definition) is 3. The van der Waals surface area contributed by atoms with Crippen LogP contribution in [0.2, 0.25) is 6.04 Å². The van der Waals surface area contributed by atoms with Crippen molar-refractivity contribution in [3.63, 3.8) is 0 Å². The molecule has 0 aliphatic heterocycles. The maximum Gasteiger partial charge on any atom is 0.276 e. The van der Waals surface area contributed by atoms with Crippen LogP contribution in [0.4, 0.5) is 4.79 Å². The van der Waals surface area contributed by atoms with Gasteiger partial charge >= 0.3 is 0 Å². The van der Waals surface area contributed by atoms with E-state index >= 15 is 0 Å². The van der Waals surface area contributed by atoms with Crippen LogP contribution in [-0.4, -0.2) is 27.4 Å². The highest BCUT2D eigenvalue weighted by Crippen LogP contribution is 2.03. The van der Waals surface area contributed by atoms with Crippen molar-refractivity contribution in [2.45, 2.75) is 19.4 Å². The van der Waals surface area contributed by atoms with E-state index in [1.54, 1.807) is 0 Å². The molecule has 0 rings (SSSR count). The molecule has 0 aliphatic rings. The molecule has 66 valence electrons. The average molecular weight is 193 g/mol. The molecule has 5 heteroatoms. The van der Waals surface area contributed by atoms with Crippen molar-refractivity contribution >= 4 is 26.8 Å². The Morgan fingerprint density at radius 1 is 1.73 bits per heavy atom.